The Balaban J connectivity index is 1.36. The molecule has 1 amide bonds. The van der Waals surface area contributed by atoms with Gasteiger partial charge in [-0.3, -0.25) is 9.89 Å². The largest absolute Gasteiger partial charge is 0.490 e. The zero-order valence-corrected chi connectivity index (χ0v) is 15.5. The fraction of sp³-hybridized carbons (Fsp3) is 0.600. The molecule has 4 aliphatic heterocycles. The average Bonchev–Trinajstić information content (AvgIpc) is 2.89. The van der Waals surface area contributed by atoms with Gasteiger partial charge in [0, 0.05) is 56.5 Å². The summed E-state index contributed by atoms with van der Waals surface area (Å²) in [5.74, 6) is 0.867. The lowest BCUT2D eigenvalue weighted by molar-refractivity contribution is 0.0256. The minimum absolute atomic E-state index is 0.0492. The summed E-state index contributed by atoms with van der Waals surface area (Å²) in [6.07, 6.45) is 4.16. The van der Waals surface area contributed by atoms with Crippen LogP contribution in [0.25, 0.3) is 10.9 Å². The van der Waals surface area contributed by atoms with Crippen LogP contribution >= 0.6 is 0 Å². The number of fused-ring (bicyclic) bond motifs is 5. The van der Waals surface area contributed by atoms with Crippen molar-refractivity contribution in [2.75, 3.05) is 39.4 Å². The van der Waals surface area contributed by atoms with Crippen molar-refractivity contribution in [1.29, 1.82) is 0 Å². The number of nitrogens with one attached hydrogen (secondary N) is 1. The van der Waals surface area contributed by atoms with E-state index in [1.54, 1.807) is 0 Å². The molecule has 4 saturated heterocycles. The molecular formula is C20H26N4O3. The van der Waals surface area contributed by atoms with Crippen molar-refractivity contribution in [2.24, 2.45) is 0 Å². The molecule has 2 bridgehead atoms. The standard InChI is InChI=1S/C20H26N4O3/c25-20(24-10-9-23-7-3-14(24)4-8-23)19-17-2-1-16(13-18(17)21-22-19)27-15-5-11-26-12-6-15/h1-2,13-15H,3-12H2,(H,21,22). The second kappa shape index (κ2) is 7.13. The molecule has 4 aliphatic rings. The Bertz CT molecular complexity index is 822. The number of aromatic amines is 1. The first kappa shape index (κ1) is 17.0. The number of nitrogens with zero attached hydrogens (tertiary/aromatic N) is 3. The van der Waals surface area contributed by atoms with Crippen LogP contribution in [0.1, 0.15) is 36.2 Å². The molecule has 0 aliphatic carbocycles. The van der Waals surface area contributed by atoms with Crippen LogP contribution in [0.5, 0.6) is 5.75 Å². The maximum Gasteiger partial charge on any atom is 0.275 e. The molecule has 0 radical (unpaired) electrons. The summed E-state index contributed by atoms with van der Waals surface area (Å²) in [6, 6.07) is 6.21. The second-order valence-electron chi connectivity index (χ2n) is 7.78. The maximum atomic E-state index is 13.2. The Morgan fingerprint density at radius 1 is 1.11 bits per heavy atom. The molecule has 7 nitrogen and oxygen atoms in total. The van der Waals surface area contributed by atoms with Crippen molar-refractivity contribution in [3.8, 4) is 5.75 Å². The molecule has 7 heteroatoms. The average molecular weight is 370 g/mol. The van der Waals surface area contributed by atoms with Crippen molar-refractivity contribution in [3.63, 3.8) is 0 Å². The third-order valence-corrected chi connectivity index (χ3v) is 6.12. The van der Waals surface area contributed by atoms with Gasteiger partial charge >= 0.3 is 0 Å². The number of ether oxygens (including phenoxy) is 2. The number of carbonyl (C=O) groups is 1. The maximum absolute atomic E-state index is 13.2. The fourth-order valence-corrected chi connectivity index (χ4v) is 4.51. The molecular weight excluding hydrogens is 344 g/mol. The van der Waals surface area contributed by atoms with Crippen molar-refractivity contribution >= 4 is 16.8 Å². The first-order valence-corrected chi connectivity index (χ1v) is 10.0. The third kappa shape index (κ3) is 3.30. The minimum atomic E-state index is 0.0492. The monoisotopic (exact) mass is 370 g/mol. The highest BCUT2D eigenvalue weighted by atomic mass is 16.5. The number of piperidine rings is 1. The van der Waals surface area contributed by atoms with E-state index < -0.39 is 0 Å². The van der Waals surface area contributed by atoms with Crippen LogP contribution in [0.15, 0.2) is 18.2 Å². The van der Waals surface area contributed by atoms with Gasteiger partial charge in [-0.15, -0.1) is 0 Å². The highest BCUT2D eigenvalue weighted by Crippen LogP contribution is 2.27. The SMILES string of the molecule is O=C(c1n[nH]c2cc(OC3CCOCC3)ccc12)N1CCN2CCC1CC2. The lowest BCUT2D eigenvalue weighted by Gasteiger charge is -2.31. The first-order valence-electron chi connectivity index (χ1n) is 10.0. The molecule has 1 aromatic heterocycles. The topological polar surface area (TPSA) is 70.7 Å². The summed E-state index contributed by atoms with van der Waals surface area (Å²) < 4.78 is 11.5. The first-order chi connectivity index (χ1) is 13.3. The fourth-order valence-electron chi connectivity index (χ4n) is 4.51. The molecule has 144 valence electrons. The summed E-state index contributed by atoms with van der Waals surface area (Å²) in [7, 11) is 0. The summed E-state index contributed by atoms with van der Waals surface area (Å²) in [4.78, 5) is 17.7. The van der Waals surface area contributed by atoms with Gasteiger partial charge in [0.1, 0.15) is 11.9 Å². The lowest BCUT2D eigenvalue weighted by Crippen LogP contribution is -2.41. The van der Waals surface area contributed by atoms with Gasteiger partial charge in [0.05, 0.1) is 18.7 Å². The van der Waals surface area contributed by atoms with Gasteiger partial charge in [-0.25, -0.2) is 0 Å². The summed E-state index contributed by atoms with van der Waals surface area (Å²) in [5.41, 5.74) is 1.38. The number of amides is 1. The van der Waals surface area contributed by atoms with E-state index in [-0.39, 0.29) is 12.0 Å². The molecule has 0 spiro atoms. The number of carbonyl (C=O) groups excluding carboxylic acids is 1. The molecule has 0 saturated carbocycles. The number of aromatic nitrogens is 2. The van der Waals surface area contributed by atoms with Crippen LogP contribution in [0.2, 0.25) is 0 Å². The number of benzene rings is 1. The number of hydrogen-bond donors (Lipinski definition) is 1. The molecule has 6 rings (SSSR count). The zero-order chi connectivity index (χ0) is 18.2. The van der Waals surface area contributed by atoms with Crippen molar-refractivity contribution in [2.45, 2.75) is 37.8 Å². The van der Waals surface area contributed by atoms with E-state index >= 15 is 0 Å². The zero-order valence-electron chi connectivity index (χ0n) is 15.5. The van der Waals surface area contributed by atoms with E-state index in [0.29, 0.717) is 11.7 Å². The quantitative estimate of drug-likeness (QED) is 0.895. The smallest absolute Gasteiger partial charge is 0.275 e. The number of hydrogen-bond acceptors (Lipinski definition) is 5. The summed E-state index contributed by atoms with van der Waals surface area (Å²) in [5, 5.41) is 8.27. The number of H-pyrrole nitrogens is 1. The summed E-state index contributed by atoms with van der Waals surface area (Å²) in [6.45, 7) is 5.47. The molecule has 27 heavy (non-hydrogen) atoms. The summed E-state index contributed by atoms with van der Waals surface area (Å²) >= 11 is 0. The van der Waals surface area contributed by atoms with Crippen molar-refractivity contribution in [1.82, 2.24) is 20.0 Å². The molecule has 2 aromatic rings. The van der Waals surface area contributed by atoms with Crippen molar-refractivity contribution in [3.05, 3.63) is 23.9 Å². The van der Waals surface area contributed by atoms with E-state index in [9.17, 15) is 4.79 Å². The molecule has 0 atom stereocenters. The Morgan fingerprint density at radius 3 is 2.74 bits per heavy atom. The minimum Gasteiger partial charge on any atom is -0.490 e. The Hall–Kier alpha value is -2.12. The van der Waals surface area contributed by atoms with Gasteiger partial charge < -0.3 is 19.3 Å². The van der Waals surface area contributed by atoms with Crippen LogP contribution in [0, 0.1) is 0 Å². The Morgan fingerprint density at radius 2 is 1.93 bits per heavy atom. The Labute approximate surface area is 158 Å². The molecule has 1 N–H and O–H groups in total. The molecule has 5 heterocycles. The van der Waals surface area contributed by atoms with E-state index in [0.717, 1.165) is 81.7 Å². The number of rotatable bonds is 3. The predicted octanol–water partition coefficient (Wildman–Crippen LogP) is 2.04. The normalized spacial score (nSPS) is 26.3. The molecule has 1 aromatic carbocycles. The van der Waals surface area contributed by atoms with Crippen LogP contribution < -0.4 is 4.74 Å². The van der Waals surface area contributed by atoms with Gasteiger partial charge in [-0.2, -0.15) is 5.10 Å². The van der Waals surface area contributed by atoms with Crippen LogP contribution in [-0.2, 0) is 4.74 Å². The highest BCUT2D eigenvalue weighted by molar-refractivity contribution is 6.05. The van der Waals surface area contributed by atoms with Gasteiger partial charge in [0.15, 0.2) is 5.69 Å². The van der Waals surface area contributed by atoms with Gasteiger partial charge in [0.2, 0.25) is 0 Å². The molecule has 4 fully saturated rings. The second-order valence-corrected chi connectivity index (χ2v) is 7.78. The highest BCUT2D eigenvalue weighted by Gasteiger charge is 2.33. The predicted molar refractivity (Wildman–Crippen MR) is 101 cm³/mol. The van der Waals surface area contributed by atoms with Crippen molar-refractivity contribution < 1.29 is 14.3 Å². The van der Waals surface area contributed by atoms with Gasteiger partial charge in [0.25, 0.3) is 5.91 Å². The Kier molecular flexibility index (Phi) is 4.49. The third-order valence-electron chi connectivity index (χ3n) is 6.12. The van der Waals surface area contributed by atoms with Crippen LogP contribution in [-0.4, -0.2) is 77.4 Å². The van der Waals surface area contributed by atoms with Crippen LogP contribution in [0.3, 0.4) is 0 Å². The van der Waals surface area contributed by atoms with E-state index in [1.165, 1.54) is 0 Å². The van der Waals surface area contributed by atoms with E-state index in [2.05, 4.69) is 15.1 Å². The van der Waals surface area contributed by atoms with Crippen LogP contribution in [0.4, 0.5) is 0 Å². The van der Waals surface area contributed by atoms with Gasteiger partial charge in [-0.05, 0) is 25.0 Å². The van der Waals surface area contributed by atoms with E-state index in [1.807, 2.05) is 23.1 Å². The molecule has 0 unspecified atom stereocenters. The van der Waals surface area contributed by atoms with Gasteiger partial charge in [-0.1, -0.05) is 0 Å². The van der Waals surface area contributed by atoms with E-state index in [4.69, 9.17) is 9.47 Å². The lowest BCUT2D eigenvalue weighted by atomic mass is 10.0.